The van der Waals surface area contributed by atoms with E-state index in [1.807, 2.05) is 12.3 Å². The topological polar surface area (TPSA) is 16.1 Å². The van der Waals surface area contributed by atoms with Crippen LogP contribution in [0, 0.1) is 0 Å². The Kier molecular flexibility index (Phi) is 3.16. The summed E-state index contributed by atoms with van der Waals surface area (Å²) < 4.78 is 0. The van der Waals surface area contributed by atoms with Gasteiger partial charge in [-0.15, -0.1) is 0 Å². The zero-order valence-electron chi connectivity index (χ0n) is 11.1. The van der Waals surface area contributed by atoms with Gasteiger partial charge in [0.2, 0.25) is 0 Å². The predicted octanol–water partition coefficient (Wildman–Crippen LogP) is 3.47. The van der Waals surface area contributed by atoms with Crippen LogP contribution in [0.5, 0.6) is 0 Å². The summed E-state index contributed by atoms with van der Waals surface area (Å²) >= 11 is 0. The van der Waals surface area contributed by atoms with Crippen LogP contribution in [-0.4, -0.2) is 22.5 Å². The zero-order chi connectivity index (χ0) is 12.5. The van der Waals surface area contributed by atoms with Crippen LogP contribution in [0.3, 0.4) is 0 Å². The van der Waals surface area contributed by atoms with E-state index in [-0.39, 0.29) is 5.54 Å². The Balaban J connectivity index is 2.25. The van der Waals surface area contributed by atoms with Crippen molar-refractivity contribution in [2.75, 3.05) is 7.05 Å². The Morgan fingerprint density at radius 2 is 1.94 bits per heavy atom. The third kappa shape index (κ3) is 2.83. The van der Waals surface area contributed by atoms with E-state index in [1.165, 1.54) is 10.9 Å². The standard InChI is InChI=1S/C15H20N2/c1-15(2,3)17(4)11-12-7-8-14-13(10-12)6-5-9-16-14/h5-10H,11H2,1-4H3. The van der Waals surface area contributed by atoms with E-state index in [1.54, 1.807) is 0 Å². The molecule has 0 atom stereocenters. The van der Waals surface area contributed by atoms with Crippen LogP contribution >= 0.6 is 0 Å². The average molecular weight is 228 g/mol. The molecule has 1 heterocycles. The quantitative estimate of drug-likeness (QED) is 0.782. The van der Waals surface area contributed by atoms with Gasteiger partial charge >= 0.3 is 0 Å². The van der Waals surface area contributed by atoms with Crippen LogP contribution in [0.1, 0.15) is 26.3 Å². The van der Waals surface area contributed by atoms with Gasteiger partial charge in [-0.05, 0) is 51.6 Å². The lowest BCUT2D eigenvalue weighted by Gasteiger charge is -2.31. The highest BCUT2D eigenvalue weighted by Crippen LogP contribution is 2.18. The molecular formula is C15H20N2. The van der Waals surface area contributed by atoms with Crippen molar-refractivity contribution in [1.82, 2.24) is 9.88 Å². The number of nitrogens with zero attached hydrogens (tertiary/aromatic N) is 2. The Morgan fingerprint density at radius 3 is 2.65 bits per heavy atom. The summed E-state index contributed by atoms with van der Waals surface area (Å²) in [7, 11) is 2.16. The molecule has 0 saturated heterocycles. The Bertz CT molecular complexity index is 512. The minimum absolute atomic E-state index is 0.198. The van der Waals surface area contributed by atoms with E-state index in [2.05, 4.69) is 62.0 Å². The van der Waals surface area contributed by atoms with Crippen molar-refractivity contribution >= 4 is 10.9 Å². The molecule has 0 bridgehead atoms. The van der Waals surface area contributed by atoms with Gasteiger partial charge in [-0.25, -0.2) is 0 Å². The van der Waals surface area contributed by atoms with E-state index in [9.17, 15) is 0 Å². The highest BCUT2D eigenvalue weighted by Gasteiger charge is 2.16. The molecule has 0 spiro atoms. The molecule has 0 aliphatic rings. The van der Waals surface area contributed by atoms with Crippen LogP contribution in [0.15, 0.2) is 36.5 Å². The summed E-state index contributed by atoms with van der Waals surface area (Å²) in [6.45, 7) is 7.66. The van der Waals surface area contributed by atoms with Gasteiger partial charge in [-0.3, -0.25) is 9.88 Å². The van der Waals surface area contributed by atoms with E-state index in [0.717, 1.165) is 12.1 Å². The largest absolute Gasteiger partial charge is 0.297 e. The fraction of sp³-hybridized carbons (Fsp3) is 0.400. The van der Waals surface area contributed by atoms with Crippen molar-refractivity contribution in [3.05, 3.63) is 42.1 Å². The van der Waals surface area contributed by atoms with Gasteiger partial charge in [-0.1, -0.05) is 12.1 Å². The smallest absolute Gasteiger partial charge is 0.0702 e. The molecule has 2 aromatic rings. The summed E-state index contributed by atoms with van der Waals surface area (Å²) in [6, 6.07) is 10.6. The maximum Gasteiger partial charge on any atom is 0.0702 e. The molecule has 0 unspecified atom stereocenters. The second kappa shape index (κ2) is 4.46. The second-order valence-electron chi connectivity index (χ2n) is 5.56. The van der Waals surface area contributed by atoms with Crippen LogP contribution in [0.25, 0.3) is 10.9 Å². The first-order valence-corrected chi connectivity index (χ1v) is 6.02. The third-order valence-corrected chi connectivity index (χ3v) is 3.23. The zero-order valence-corrected chi connectivity index (χ0v) is 11.1. The van der Waals surface area contributed by atoms with Crippen molar-refractivity contribution in [2.24, 2.45) is 0 Å². The number of hydrogen-bond acceptors (Lipinski definition) is 2. The molecule has 1 aromatic carbocycles. The minimum Gasteiger partial charge on any atom is -0.297 e. The highest BCUT2D eigenvalue weighted by molar-refractivity contribution is 5.78. The molecular weight excluding hydrogens is 208 g/mol. The monoisotopic (exact) mass is 228 g/mol. The summed E-state index contributed by atoms with van der Waals surface area (Å²) in [4.78, 5) is 6.69. The normalized spacial score (nSPS) is 12.3. The highest BCUT2D eigenvalue weighted by atomic mass is 15.1. The summed E-state index contributed by atoms with van der Waals surface area (Å²) in [5.41, 5.74) is 2.60. The first kappa shape index (κ1) is 12.1. The first-order chi connectivity index (χ1) is 7.97. The fourth-order valence-electron chi connectivity index (χ4n) is 1.73. The number of fused-ring (bicyclic) bond motifs is 1. The van der Waals surface area contributed by atoms with Crippen molar-refractivity contribution in [3.8, 4) is 0 Å². The van der Waals surface area contributed by atoms with Gasteiger partial charge in [0.05, 0.1) is 5.52 Å². The van der Waals surface area contributed by atoms with Crippen LogP contribution in [0.2, 0.25) is 0 Å². The van der Waals surface area contributed by atoms with Crippen molar-refractivity contribution in [2.45, 2.75) is 32.9 Å². The maximum absolute atomic E-state index is 4.34. The van der Waals surface area contributed by atoms with E-state index < -0.39 is 0 Å². The maximum atomic E-state index is 4.34. The molecule has 0 amide bonds. The SMILES string of the molecule is CN(Cc1ccc2ncccc2c1)C(C)(C)C. The van der Waals surface area contributed by atoms with E-state index in [0.29, 0.717) is 0 Å². The molecule has 0 N–H and O–H groups in total. The molecule has 2 rings (SSSR count). The van der Waals surface area contributed by atoms with Crippen LogP contribution in [-0.2, 0) is 6.54 Å². The molecule has 0 aliphatic heterocycles. The van der Waals surface area contributed by atoms with Gasteiger partial charge in [0.15, 0.2) is 0 Å². The van der Waals surface area contributed by atoms with Gasteiger partial charge in [0.1, 0.15) is 0 Å². The van der Waals surface area contributed by atoms with Gasteiger partial charge in [0.25, 0.3) is 0 Å². The van der Waals surface area contributed by atoms with Crippen LogP contribution in [0.4, 0.5) is 0 Å². The van der Waals surface area contributed by atoms with Gasteiger partial charge < -0.3 is 0 Å². The second-order valence-corrected chi connectivity index (χ2v) is 5.56. The van der Waals surface area contributed by atoms with Gasteiger partial charge in [0, 0.05) is 23.7 Å². The molecule has 17 heavy (non-hydrogen) atoms. The van der Waals surface area contributed by atoms with Crippen molar-refractivity contribution < 1.29 is 0 Å². The van der Waals surface area contributed by atoms with E-state index >= 15 is 0 Å². The number of rotatable bonds is 2. The summed E-state index contributed by atoms with van der Waals surface area (Å²) in [5, 5.41) is 1.22. The summed E-state index contributed by atoms with van der Waals surface area (Å²) in [6.07, 6.45) is 1.84. The predicted molar refractivity (Wildman–Crippen MR) is 73.0 cm³/mol. The summed E-state index contributed by atoms with van der Waals surface area (Å²) in [5.74, 6) is 0. The number of aromatic nitrogens is 1. The number of benzene rings is 1. The third-order valence-electron chi connectivity index (χ3n) is 3.23. The molecule has 2 nitrogen and oxygen atoms in total. The fourth-order valence-corrected chi connectivity index (χ4v) is 1.73. The van der Waals surface area contributed by atoms with Crippen LogP contribution < -0.4 is 0 Å². The Labute approximate surface area is 103 Å². The first-order valence-electron chi connectivity index (χ1n) is 6.02. The molecule has 2 heteroatoms. The molecule has 0 saturated carbocycles. The number of hydrogen-bond donors (Lipinski definition) is 0. The lowest BCUT2D eigenvalue weighted by molar-refractivity contribution is 0.167. The van der Waals surface area contributed by atoms with E-state index in [4.69, 9.17) is 0 Å². The minimum atomic E-state index is 0.198. The lowest BCUT2D eigenvalue weighted by atomic mass is 10.0. The molecule has 90 valence electrons. The number of pyridine rings is 1. The Morgan fingerprint density at radius 1 is 1.18 bits per heavy atom. The Hall–Kier alpha value is -1.41. The lowest BCUT2D eigenvalue weighted by Crippen LogP contribution is -2.37. The molecule has 0 aliphatic carbocycles. The van der Waals surface area contributed by atoms with Crippen molar-refractivity contribution in [1.29, 1.82) is 0 Å². The molecule has 1 aromatic heterocycles. The average Bonchev–Trinajstić information content (AvgIpc) is 2.27. The van der Waals surface area contributed by atoms with Crippen molar-refractivity contribution in [3.63, 3.8) is 0 Å². The van der Waals surface area contributed by atoms with Gasteiger partial charge in [-0.2, -0.15) is 0 Å². The molecule has 0 fully saturated rings. The molecule has 0 radical (unpaired) electrons.